The van der Waals surface area contributed by atoms with Crippen molar-refractivity contribution in [1.82, 2.24) is 0 Å². The van der Waals surface area contributed by atoms with Crippen LogP contribution in [0.5, 0.6) is 0 Å². The zero-order valence-electron chi connectivity index (χ0n) is 15.7. The summed E-state index contributed by atoms with van der Waals surface area (Å²) in [5.41, 5.74) is 8.42. The molecule has 0 bridgehead atoms. The fraction of sp³-hybridized carbons (Fsp3) is 0.333. The van der Waals surface area contributed by atoms with E-state index in [4.69, 9.17) is 0 Å². The Balaban J connectivity index is 1.87. The topological polar surface area (TPSA) is 12.0 Å². The van der Waals surface area contributed by atoms with Gasteiger partial charge < -0.3 is 5.32 Å². The number of allylic oxidation sites excluding steroid dienone is 4. The predicted octanol–water partition coefficient (Wildman–Crippen LogP) is 6.39. The minimum absolute atomic E-state index is 0.0627. The summed E-state index contributed by atoms with van der Waals surface area (Å²) in [5, 5.41) is 3.55. The van der Waals surface area contributed by atoms with Crippen LogP contribution in [0.25, 0.3) is 11.1 Å². The van der Waals surface area contributed by atoms with Crippen molar-refractivity contribution >= 4 is 5.69 Å². The second-order valence-electron chi connectivity index (χ2n) is 8.26. The molecule has 1 heterocycles. The smallest absolute Gasteiger partial charge is 0.0422 e. The predicted molar refractivity (Wildman–Crippen MR) is 108 cm³/mol. The Kier molecular flexibility index (Phi) is 3.64. The van der Waals surface area contributed by atoms with Gasteiger partial charge in [0, 0.05) is 17.8 Å². The van der Waals surface area contributed by atoms with Gasteiger partial charge in [0.15, 0.2) is 0 Å². The molecule has 1 heteroatoms. The fourth-order valence-corrected chi connectivity index (χ4v) is 4.40. The Labute approximate surface area is 151 Å². The van der Waals surface area contributed by atoms with Crippen LogP contribution in [0.1, 0.15) is 43.9 Å². The third-order valence-electron chi connectivity index (χ3n) is 6.49. The molecule has 0 aromatic heterocycles. The Morgan fingerprint density at radius 3 is 2.60 bits per heavy atom. The van der Waals surface area contributed by atoms with E-state index in [1.165, 1.54) is 33.5 Å². The van der Waals surface area contributed by atoms with Gasteiger partial charge in [0.1, 0.15) is 0 Å². The minimum atomic E-state index is 0.0627. The van der Waals surface area contributed by atoms with E-state index in [2.05, 4.69) is 93.7 Å². The van der Waals surface area contributed by atoms with Gasteiger partial charge in [0.05, 0.1) is 0 Å². The minimum Gasteiger partial charge on any atom is -0.380 e. The van der Waals surface area contributed by atoms with E-state index in [9.17, 15) is 0 Å². The molecule has 0 amide bonds. The number of rotatable bonds is 2. The summed E-state index contributed by atoms with van der Waals surface area (Å²) in [6.45, 7) is 10.4. The van der Waals surface area contributed by atoms with E-state index in [-0.39, 0.29) is 10.8 Å². The molecule has 1 nitrogen and oxygen atoms in total. The molecule has 0 spiro atoms. The lowest BCUT2D eigenvalue weighted by Gasteiger charge is -2.44. The number of nitrogens with one attached hydrogen (secondary N) is 1. The van der Waals surface area contributed by atoms with Crippen molar-refractivity contribution in [3.8, 4) is 11.1 Å². The highest BCUT2D eigenvalue weighted by molar-refractivity contribution is 5.83. The van der Waals surface area contributed by atoms with Gasteiger partial charge in [-0.15, -0.1) is 0 Å². The Bertz CT molecular complexity index is 885. The zero-order chi connectivity index (χ0) is 17.7. The van der Waals surface area contributed by atoms with Gasteiger partial charge in [-0.2, -0.15) is 0 Å². The van der Waals surface area contributed by atoms with Gasteiger partial charge in [0.25, 0.3) is 0 Å². The van der Waals surface area contributed by atoms with Gasteiger partial charge in [-0.3, -0.25) is 0 Å². The molecule has 0 radical (unpaired) electrons. The average molecular weight is 329 g/mol. The van der Waals surface area contributed by atoms with Crippen LogP contribution < -0.4 is 5.32 Å². The van der Waals surface area contributed by atoms with Gasteiger partial charge in [-0.25, -0.2) is 0 Å². The summed E-state index contributed by atoms with van der Waals surface area (Å²) in [5.74, 6) is 0. The normalized spacial score (nSPS) is 21.4. The van der Waals surface area contributed by atoms with E-state index in [0.717, 1.165) is 13.0 Å². The highest BCUT2D eigenvalue weighted by Gasteiger charge is 2.41. The molecule has 128 valence electrons. The van der Waals surface area contributed by atoms with Crippen LogP contribution in [0, 0.1) is 12.3 Å². The molecule has 0 saturated heterocycles. The van der Waals surface area contributed by atoms with Crippen molar-refractivity contribution in [2.24, 2.45) is 5.41 Å². The Hall–Kier alpha value is -2.28. The van der Waals surface area contributed by atoms with Crippen molar-refractivity contribution < 1.29 is 0 Å². The van der Waals surface area contributed by atoms with Crippen molar-refractivity contribution in [3.05, 3.63) is 77.4 Å². The molecular weight excluding hydrogens is 302 g/mol. The van der Waals surface area contributed by atoms with Gasteiger partial charge >= 0.3 is 0 Å². The van der Waals surface area contributed by atoms with Crippen molar-refractivity contribution in [1.29, 1.82) is 0 Å². The van der Waals surface area contributed by atoms with Gasteiger partial charge in [-0.05, 0) is 58.6 Å². The summed E-state index contributed by atoms with van der Waals surface area (Å²) >= 11 is 0. The molecule has 1 aliphatic heterocycles. The number of hydrogen-bond acceptors (Lipinski definition) is 1. The average Bonchev–Trinajstić information content (AvgIpc) is 2.61. The van der Waals surface area contributed by atoms with Crippen LogP contribution in [-0.4, -0.2) is 0 Å². The molecule has 1 atom stereocenters. The summed E-state index contributed by atoms with van der Waals surface area (Å²) in [6.07, 6.45) is 10.2. The Morgan fingerprint density at radius 2 is 1.84 bits per heavy atom. The van der Waals surface area contributed by atoms with Crippen molar-refractivity contribution in [2.45, 2.75) is 46.1 Å². The number of benzene rings is 2. The number of anilines is 1. The molecule has 4 rings (SSSR count). The van der Waals surface area contributed by atoms with Crippen LogP contribution in [0.3, 0.4) is 0 Å². The molecule has 0 fully saturated rings. The molecule has 1 N–H and O–H groups in total. The standard InChI is InChI=1S/C24H27N/c1-17-14-18-16-25-22-11-7-6-10-19(22)20(18)15-21(17)23(2,3)24(4)12-8-5-9-13-24/h5-12,14-15,25H,13,16H2,1-4H3. The van der Waals surface area contributed by atoms with E-state index < -0.39 is 0 Å². The fourth-order valence-electron chi connectivity index (χ4n) is 4.40. The molecule has 2 aromatic rings. The first-order valence-corrected chi connectivity index (χ1v) is 9.24. The molecular formula is C24H27N. The number of hydrogen-bond donors (Lipinski definition) is 1. The van der Waals surface area contributed by atoms with E-state index in [1.54, 1.807) is 0 Å². The zero-order valence-corrected chi connectivity index (χ0v) is 15.7. The molecule has 25 heavy (non-hydrogen) atoms. The SMILES string of the molecule is Cc1cc2c(cc1C(C)(C)C1(C)C=CC=CC1)-c1ccccc1NC2. The molecule has 1 aliphatic carbocycles. The van der Waals surface area contributed by atoms with E-state index in [0.29, 0.717) is 0 Å². The van der Waals surface area contributed by atoms with Gasteiger partial charge in [0.2, 0.25) is 0 Å². The van der Waals surface area contributed by atoms with Crippen LogP contribution in [-0.2, 0) is 12.0 Å². The lowest BCUT2D eigenvalue weighted by atomic mass is 9.59. The largest absolute Gasteiger partial charge is 0.380 e. The van der Waals surface area contributed by atoms with Crippen LogP contribution in [0.2, 0.25) is 0 Å². The highest BCUT2D eigenvalue weighted by atomic mass is 14.9. The van der Waals surface area contributed by atoms with Gasteiger partial charge in [-0.1, -0.05) is 69.3 Å². The summed E-state index contributed by atoms with van der Waals surface area (Å²) in [7, 11) is 0. The summed E-state index contributed by atoms with van der Waals surface area (Å²) < 4.78 is 0. The number of aryl methyl sites for hydroxylation is 1. The lowest BCUT2D eigenvalue weighted by Crippen LogP contribution is -2.38. The van der Waals surface area contributed by atoms with Crippen LogP contribution >= 0.6 is 0 Å². The van der Waals surface area contributed by atoms with Crippen molar-refractivity contribution in [2.75, 3.05) is 5.32 Å². The molecule has 1 unspecified atom stereocenters. The second kappa shape index (κ2) is 5.62. The first-order chi connectivity index (χ1) is 11.9. The number of para-hydroxylation sites is 1. The number of fused-ring (bicyclic) bond motifs is 3. The van der Waals surface area contributed by atoms with Crippen LogP contribution in [0.4, 0.5) is 5.69 Å². The van der Waals surface area contributed by atoms with Crippen molar-refractivity contribution in [3.63, 3.8) is 0 Å². The Morgan fingerprint density at radius 1 is 1.04 bits per heavy atom. The highest BCUT2D eigenvalue weighted by Crippen LogP contribution is 2.49. The first kappa shape index (κ1) is 16.2. The summed E-state index contributed by atoms with van der Waals surface area (Å²) in [4.78, 5) is 0. The monoisotopic (exact) mass is 329 g/mol. The third-order valence-corrected chi connectivity index (χ3v) is 6.49. The summed E-state index contributed by atoms with van der Waals surface area (Å²) in [6, 6.07) is 13.5. The second-order valence-corrected chi connectivity index (χ2v) is 8.26. The molecule has 0 saturated carbocycles. The van der Waals surface area contributed by atoms with E-state index in [1.807, 2.05) is 0 Å². The first-order valence-electron chi connectivity index (χ1n) is 9.24. The quantitative estimate of drug-likeness (QED) is 0.673. The molecule has 2 aromatic carbocycles. The maximum atomic E-state index is 3.55. The maximum Gasteiger partial charge on any atom is 0.0422 e. The van der Waals surface area contributed by atoms with E-state index >= 15 is 0 Å². The van der Waals surface area contributed by atoms with Crippen LogP contribution in [0.15, 0.2) is 60.7 Å². The third kappa shape index (κ3) is 2.45. The molecule has 2 aliphatic rings. The lowest BCUT2D eigenvalue weighted by molar-refractivity contribution is 0.239. The maximum absolute atomic E-state index is 3.55.